The lowest BCUT2D eigenvalue weighted by molar-refractivity contribution is 0.670. The summed E-state index contributed by atoms with van der Waals surface area (Å²) in [7, 11) is 0. The maximum atomic E-state index is 6.96. The average Bonchev–Trinajstić information content (AvgIpc) is 3.88. The largest absolute Gasteiger partial charge is 0.455 e. The smallest absolute Gasteiger partial charge is 0.145 e. The lowest BCUT2D eigenvalue weighted by atomic mass is 9.89. The molecule has 0 unspecified atom stereocenters. The van der Waals surface area contributed by atoms with Crippen molar-refractivity contribution in [2.24, 2.45) is 0 Å². The number of hydrogen-bond donors (Lipinski definition) is 0. The highest BCUT2D eigenvalue weighted by Gasteiger charge is 2.23. The van der Waals surface area contributed by atoms with Crippen molar-refractivity contribution in [3.05, 3.63) is 285 Å². The van der Waals surface area contributed by atoms with Gasteiger partial charge in [0.05, 0.1) is 11.1 Å². The molecule has 0 aliphatic rings. The van der Waals surface area contributed by atoms with Crippen molar-refractivity contribution in [3.8, 4) is 66.8 Å². The molecule has 0 amide bonds. The Balaban J connectivity index is 0.896. The summed E-state index contributed by atoms with van der Waals surface area (Å²) >= 11 is 0. The number of hydrogen-bond acceptors (Lipinski definition) is 2. The molecular weight excluding hydrogens is 895 g/mol. The monoisotopic (exact) mass is 941 g/mol. The summed E-state index contributed by atoms with van der Waals surface area (Å²) in [5.41, 5.74) is 18.9. The fourth-order valence-electron chi connectivity index (χ4n) is 11.3. The van der Waals surface area contributed by atoms with Gasteiger partial charge in [-0.05, 0) is 142 Å². The van der Waals surface area contributed by atoms with Gasteiger partial charge in [-0.2, -0.15) is 0 Å². The average molecular weight is 942 g/mol. The molecule has 0 saturated carbocycles. The van der Waals surface area contributed by atoms with Crippen LogP contribution in [0.15, 0.2) is 290 Å². The van der Waals surface area contributed by atoms with Gasteiger partial charge in [0.1, 0.15) is 11.2 Å². The van der Waals surface area contributed by atoms with E-state index in [1.165, 1.54) is 76.8 Å². The molecule has 14 aromatic rings. The molecule has 0 aliphatic carbocycles. The molecule has 14 rings (SSSR count). The molecule has 0 atom stereocenters. The second-order valence-electron chi connectivity index (χ2n) is 19.1. The Bertz CT molecular complexity index is 4400. The molecule has 346 valence electrons. The molecular formula is C72H47NO. The van der Waals surface area contributed by atoms with Crippen LogP contribution < -0.4 is 4.90 Å². The van der Waals surface area contributed by atoms with Crippen LogP contribution in [-0.4, -0.2) is 0 Å². The highest BCUT2D eigenvalue weighted by atomic mass is 16.3. The molecule has 74 heavy (non-hydrogen) atoms. The molecule has 0 radical (unpaired) electrons. The van der Waals surface area contributed by atoms with Crippen LogP contribution in [-0.2, 0) is 0 Å². The van der Waals surface area contributed by atoms with E-state index in [9.17, 15) is 0 Å². The summed E-state index contributed by atoms with van der Waals surface area (Å²) in [6.07, 6.45) is 0. The van der Waals surface area contributed by atoms with Crippen LogP contribution in [0.2, 0.25) is 0 Å². The normalized spacial score (nSPS) is 11.5. The quantitative estimate of drug-likeness (QED) is 0.143. The minimum atomic E-state index is 0.856. The second kappa shape index (κ2) is 18.1. The zero-order valence-corrected chi connectivity index (χ0v) is 40.5. The number of nitrogens with zero attached hydrogens (tertiary/aromatic N) is 1. The third-order valence-corrected chi connectivity index (χ3v) is 14.9. The maximum Gasteiger partial charge on any atom is 0.145 e. The third-order valence-electron chi connectivity index (χ3n) is 14.9. The fourth-order valence-corrected chi connectivity index (χ4v) is 11.3. The van der Waals surface area contributed by atoms with Crippen LogP contribution in [0.25, 0.3) is 121 Å². The first kappa shape index (κ1) is 43.1. The van der Waals surface area contributed by atoms with Crippen molar-refractivity contribution in [2.45, 2.75) is 0 Å². The Morgan fingerprint density at radius 2 is 0.676 bits per heavy atom. The van der Waals surface area contributed by atoms with E-state index in [2.05, 4.69) is 290 Å². The third kappa shape index (κ3) is 7.52. The number of anilines is 3. The number of para-hydroxylation sites is 1. The zero-order chi connectivity index (χ0) is 49.0. The van der Waals surface area contributed by atoms with E-state index in [0.29, 0.717) is 0 Å². The van der Waals surface area contributed by atoms with Crippen LogP contribution in [0.3, 0.4) is 0 Å². The first-order valence-electron chi connectivity index (χ1n) is 25.4. The van der Waals surface area contributed by atoms with Crippen molar-refractivity contribution in [3.63, 3.8) is 0 Å². The number of rotatable bonds is 9. The Morgan fingerprint density at radius 3 is 1.34 bits per heavy atom. The van der Waals surface area contributed by atoms with Gasteiger partial charge in [0.15, 0.2) is 0 Å². The van der Waals surface area contributed by atoms with Crippen molar-refractivity contribution >= 4 is 71.3 Å². The Kier molecular flexibility index (Phi) is 10.6. The number of fused-ring (bicyclic) bond motifs is 6. The topological polar surface area (TPSA) is 16.4 Å². The summed E-state index contributed by atoms with van der Waals surface area (Å²) < 4.78 is 6.96. The minimum absolute atomic E-state index is 0.856. The first-order chi connectivity index (χ1) is 36.7. The van der Waals surface area contributed by atoms with Gasteiger partial charge in [-0.3, -0.25) is 0 Å². The Labute approximate surface area is 430 Å². The van der Waals surface area contributed by atoms with Crippen molar-refractivity contribution in [1.82, 2.24) is 0 Å². The van der Waals surface area contributed by atoms with Crippen molar-refractivity contribution in [1.29, 1.82) is 0 Å². The predicted molar refractivity (Wildman–Crippen MR) is 314 cm³/mol. The van der Waals surface area contributed by atoms with E-state index in [1.54, 1.807) is 0 Å². The minimum Gasteiger partial charge on any atom is -0.455 e. The van der Waals surface area contributed by atoms with Crippen LogP contribution in [0.1, 0.15) is 0 Å². The van der Waals surface area contributed by atoms with Gasteiger partial charge < -0.3 is 9.32 Å². The van der Waals surface area contributed by atoms with E-state index < -0.39 is 0 Å². The molecule has 13 aromatic carbocycles. The lowest BCUT2D eigenvalue weighted by Crippen LogP contribution is -2.10. The summed E-state index contributed by atoms with van der Waals surface area (Å²) in [6.45, 7) is 0. The van der Waals surface area contributed by atoms with Gasteiger partial charge in [0.2, 0.25) is 0 Å². The maximum absolute atomic E-state index is 6.96. The van der Waals surface area contributed by atoms with Crippen LogP contribution in [0.4, 0.5) is 17.1 Å². The summed E-state index contributed by atoms with van der Waals surface area (Å²) in [4.78, 5) is 2.40. The molecule has 0 spiro atoms. The van der Waals surface area contributed by atoms with E-state index in [4.69, 9.17) is 4.42 Å². The van der Waals surface area contributed by atoms with Gasteiger partial charge in [-0.25, -0.2) is 0 Å². The van der Waals surface area contributed by atoms with Crippen molar-refractivity contribution in [2.75, 3.05) is 4.90 Å². The number of furan rings is 1. The highest BCUT2D eigenvalue weighted by Crippen LogP contribution is 2.48. The standard InChI is InChI=1S/C72H47NO/c1-2-18-55-47-56(36-33-48(55)15-1)63-24-8-10-26-65(63)64-25-9-7-23-62(64)54-39-43-58(44-40-54)73(57-41-37-50(38-42-57)49-31-34-53(35-32-49)60-28-13-19-51-16-3-5-21-59(51)60)69-46-45-67(66-29-14-20-52-17-4-6-22-61(52)66)72-71(69)68-27-11-12-30-70(68)74-72/h1-47H. The first-order valence-corrected chi connectivity index (χ1v) is 25.4. The summed E-state index contributed by atoms with van der Waals surface area (Å²) in [5.74, 6) is 0. The Hall–Kier alpha value is -9.76. The fraction of sp³-hybridized carbons (Fsp3) is 0. The molecule has 0 saturated heterocycles. The van der Waals surface area contributed by atoms with Crippen LogP contribution in [0.5, 0.6) is 0 Å². The Morgan fingerprint density at radius 1 is 0.243 bits per heavy atom. The molecule has 0 fully saturated rings. The van der Waals surface area contributed by atoms with E-state index in [0.717, 1.165) is 61.3 Å². The van der Waals surface area contributed by atoms with Crippen LogP contribution in [0, 0.1) is 0 Å². The second-order valence-corrected chi connectivity index (χ2v) is 19.1. The molecule has 2 heteroatoms. The molecule has 0 bridgehead atoms. The molecule has 0 aliphatic heterocycles. The van der Waals surface area contributed by atoms with Gasteiger partial charge in [0, 0.05) is 22.3 Å². The predicted octanol–water partition coefficient (Wildman–Crippen LogP) is 20.5. The van der Waals surface area contributed by atoms with E-state index >= 15 is 0 Å². The SMILES string of the molecule is c1ccc(-c2ccccc2-c2ccc3ccccc3c2)c(-c2ccc(N(c3ccc(-c4ccc(-c5cccc6ccccc56)cc4)cc3)c3ccc(-c4cccc5ccccc45)c4oc5ccccc5c34)cc2)c1. The molecule has 2 nitrogen and oxygen atoms in total. The summed E-state index contributed by atoms with van der Waals surface area (Å²) in [5, 5.41) is 9.51. The van der Waals surface area contributed by atoms with Crippen LogP contribution >= 0.6 is 0 Å². The summed E-state index contributed by atoms with van der Waals surface area (Å²) in [6, 6.07) is 103. The lowest BCUT2D eigenvalue weighted by Gasteiger charge is -2.27. The van der Waals surface area contributed by atoms with Gasteiger partial charge in [0.25, 0.3) is 0 Å². The van der Waals surface area contributed by atoms with Gasteiger partial charge in [-0.15, -0.1) is 0 Å². The van der Waals surface area contributed by atoms with E-state index in [1.807, 2.05) is 0 Å². The molecule has 1 aromatic heterocycles. The highest BCUT2D eigenvalue weighted by molar-refractivity contribution is 6.18. The number of benzene rings is 13. The van der Waals surface area contributed by atoms with Gasteiger partial charge >= 0.3 is 0 Å². The molecule has 1 heterocycles. The van der Waals surface area contributed by atoms with Gasteiger partial charge in [-0.1, -0.05) is 237 Å². The van der Waals surface area contributed by atoms with E-state index in [-0.39, 0.29) is 0 Å². The van der Waals surface area contributed by atoms with Crippen molar-refractivity contribution < 1.29 is 4.42 Å². The zero-order valence-electron chi connectivity index (χ0n) is 40.5. The molecule has 0 N–H and O–H groups in total.